The zero-order valence-electron chi connectivity index (χ0n) is 12.6. The summed E-state index contributed by atoms with van der Waals surface area (Å²) < 4.78 is 0. The highest BCUT2D eigenvalue weighted by Gasteiger charge is 2.22. The number of benzene rings is 1. The van der Waals surface area contributed by atoms with Crippen molar-refractivity contribution in [2.24, 2.45) is 4.99 Å². The monoisotopic (exact) mass is 288 g/mol. The van der Waals surface area contributed by atoms with Gasteiger partial charge < -0.3 is 5.32 Å². The highest BCUT2D eigenvalue weighted by molar-refractivity contribution is 8.07. The SMILES string of the molecule is C=N/C(C)=C(\SC)c1ccc(C(C)C2CCCN2)cc1. The Morgan fingerprint density at radius 2 is 2.10 bits per heavy atom. The van der Waals surface area contributed by atoms with Gasteiger partial charge in [0, 0.05) is 10.9 Å². The molecule has 0 aliphatic carbocycles. The lowest BCUT2D eigenvalue weighted by atomic mass is 9.92. The van der Waals surface area contributed by atoms with Gasteiger partial charge in [-0.05, 0) is 56.3 Å². The van der Waals surface area contributed by atoms with Crippen LogP contribution in [0.1, 0.15) is 43.7 Å². The molecule has 2 rings (SSSR count). The molecule has 1 N–H and O–H groups in total. The molecule has 0 bridgehead atoms. The van der Waals surface area contributed by atoms with Crippen molar-refractivity contribution in [3.8, 4) is 0 Å². The van der Waals surface area contributed by atoms with Crippen molar-refractivity contribution >= 4 is 23.4 Å². The third-order valence-corrected chi connectivity index (χ3v) is 5.11. The number of nitrogens with zero attached hydrogens (tertiary/aromatic N) is 1. The van der Waals surface area contributed by atoms with Crippen LogP contribution in [0.4, 0.5) is 0 Å². The summed E-state index contributed by atoms with van der Waals surface area (Å²) in [4.78, 5) is 5.26. The van der Waals surface area contributed by atoms with Gasteiger partial charge in [-0.2, -0.15) is 0 Å². The summed E-state index contributed by atoms with van der Waals surface area (Å²) in [6.45, 7) is 9.12. The van der Waals surface area contributed by atoms with Gasteiger partial charge in [0.1, 0.15) is 0 Å². The number of hydrogen-bond donors (Lipinski definition) is 1. The maximum atomic E-state index is 4.06. The summed E-state index contributed by atoms with van der Waals surface area (Å²) in [5.74, 6) is 0.576. The molecule has 0 radical (unpaired) electrons. The second kappa shape index (κ2) is 7.09. The summed E-state index contributed by atoms with van der Waals surface area (Å²) in [6, 6.07) is 9.56. The van der Waals surface area contributed by atoms with Crippen LogP contribution in [-0.4, -0.2) is 25.6 Å². The molecule has 1 fully saturated rings. The first-order chi connectivity index (χ1) is 9.67. The molecule has 108 valence electrons. The van der Waals surface area contributed by atoms with Crippen molar-refractivity contribution in [1.29, 1.82) is 0 Å². The van der Waals surface area contributed by atoms with Crippen LogP contribution in [0, 0.1) is 0 Å². The van der Waals surface area contributed by atoms with Crippen LogP contribution < -0.4 is 5.32 Å². The summed E-state index contributed by atoms with van der Waals surface area (Å²) in [5, 5.41) is 3.59. The maximum absolute atomic E-state index is 4.06. The molecule has 2 unspecified atom stereocenters. The van der Waals surface area contributed by atoms with Crippen LogP contribution in [0.5, 0.6) is 0 Å². The lowest BCUT2D eigenvalue weighted by molar-refractivity contribution is 0.517. The van der Waals surface area contributed by atoms with Gasteiger partial charge in [-0.1, -0.05) is 31.2 Å². The number of thioether (sulfide) groups is 1. The predicted molar refractivity (Wildman–Crippen MR) is 91.5 cm³/mol. The second-order valence-corrected chi connectivity index (χ2v) is 6.21. The summed E-state index contributed by atoms with van der Waals surface area (Å²) in [6.07, 6.45) is 4.68. The first kappa shape index (κ1) is 15.3. The van der Waals surface area contributed by atoms with E-state index in [2.05, 4.69) is 54.5 Å². The van der Waals surface area contributed by atoms with E-state index in [1.54, 1.807) is 11.8 Å². The molecule has 0 spiro atoms. The fourth-order valence-electron chi connectivity index (χ4n) is 2.85. The van der Waals surface area contributed by atoms with Crippen molar-refractivity contribution in [2.75, 3.05) is 12.8 Å². The van der Waals surface area contributed by atoms with Crippen LogP contribution in [0.15, 0.2) is 35.0 Å². The standard InChI is InChI=1S/C17H24N2S/c1-12(16-6-5-11-19-16)14-7-9-15(10-8-14)17(20-4)13(2)18-3/h7-10,12,16,19H,3,5-6,11H2,1-2,4H3/b17-13-. The zero-order chi connectivity index (χ0) is 14.5. The van der Waals surface area contributed by atoms with E-state index < -0.39 is 0 Å². The number of hydrogen-bond acceptors (Lipinski definition) is 3. The van der Waals surface area contributed by atoms with Crippen molar-refractivity contribution < 1.29 is 0 Å². The first-order valence-corrected chi connectivity index (χ1v) is 8.45. The van der Waals surface area contributed by atoms with E-state index in [-0.39, 0.29) is 0 Å². The molecule has 0 saturated carbocycles. The van der Waals surface area contributed by atoms with Crippen LogP contribution in [0.3, 0.4) is 0 Å². The van der Waals surface area contributed by atoms with E-state index in [0.29, 0.717) is 12.0 Å². The average Bonchev–Trinajstić information content (AvgIpc) is 3.02. The molecule has 3 heteroatoms. The quantitative estimate of drug-likeness (QED) is 0.817. The van der Waals surface area contributed by atoms with Gasteiger partial charge in [-0.3, -0.25) is 4.99 Å². The highest BCUT2D eigenvalue weighted by Crippen LogP contribution is 2.31. The third kappa shape index (κ3) is 3.33. The lowest BCUT2D eigenvalue weighted by Gasteiger charge is -2.20. The number of allylic oxidation sites excluding steroid dienone is 1. The van der Waals surface area contributed by atoms with Crippen molar-refractivity contribution in [1.82, 2.24) is 5.32 Å². The Labute approximate surface area is 126 Å². The molecule has 0 aromatic heterocycles. The Balaban J connectivity index is 2.19. The van der Waals surface area contributed by atoms with E-state index in [1.165, 1.54) is 28.9 Å². The Kier molecular flexibility index (Phi) is 5.44. The molecule has 1 saturated heterocycles. The number of aliphatic imine (C=N–C) groups is 1. The van der Waals surface area contributed by atoms with E-state index in [9.17, 15) is 0 Å². The van der Waals surface area contributed by atoms with Crippen LogP contribution >= 0.6 is 11.8 Å². The van der Waals surface area contributed by atoms with Gasteiger partial charge in [-0.15, -0.1) is 11.8 Å². The van der Waals surface area contributed by atoms with Crippen LogP contribution in [0.2, 0.25) is 0 Å². The highest BCUT2D eigenvalue weighted by atomic mass is 32.2. The van der Waals surface area contributed by atoms with Gasteiger partial charge in [0.2, 0.25) is 0 Å². The minimum atomic E-state index is 0.576. The van der Waals surface area contributed by atoms with E-state index >= 15 is 0 Å². The van der Waals surface area contributed by atoms with Gasteiger partial charge in [0.15, 0.2) is 0 Å². The molecule has 1 aliphatic rings. The summed E-state index contributed by atoms with van der Waals surface area (Å²) in [7, 11) is 0. The molecule has 0 amide bonds. The Morgan fingerprint density at radius 3 is 2.60 bits per heavy atom. The topological polar surface area (TPSA) is 24.4 Å². The second-order valence-electron chi connectivity index (χ2n) is 5.39. The number of rotatable bonds is 5. The van der Waals surface area contributed by atoms with Crippen molar-refractivity contribution in [3.05, 3.63) is 41.1 Å². The largest absolute Gasteiger partial charge is 0.313 e. The molecule has 2 atom stereocenters. The molecule has 20 heavy (non-hydrogen) atoms. The Bertz CT molecular complexity index is 484. The van der Waals surface area contributed by atoms with Gasteiger partial charge in [0.25, 0.3) is 0 Å². The molecule has 1 aromatic rings. The van der Waals surface area contributed by atoms with Crippen molar-refractivity contribution in [3.63, 3.8) is 0 Å². The maximum Gasteiger partial charge on any atom is 0.0506 e. The molecule has 1 aromatic carbocycles. The molecule has 1 heterocycles. The Hall–Kier alpha value is -1.06. The summed E-state index contributed by atoms with van der Waals surface area (Å²) >= 11 is 1.73. The molecule has 1 aliphatic heterocycles. The van der Waals surface area contributed by atoms with Crippen molar-refractivity contribution in [2.45, 2.75) is 38.6 Å². The Morgan fingerprint density at radius 1 is 1.40 bits per heavy atom. The zero-order valence-corrected chi connectivity index (χ0v) is 13.5. The smallest absolute Gasteiger partial charge is 0.0506 e. The minimum Gasteiger partial charge on any atom is -0.313 e. The van der Waals surface area contributed by atoms with Gasteiger partial charge >= 0.3 is 0 Å². The fourth-order valence-corrected chi connectivity index (χ4v) is 3.59. The van der Waals surface area contributed by atoms with Gasteiger partial charge in [-0.25, -0.2) is 0 Å². The van der Waals surface area contributed by atoms with E-state index in [1.807, 2.05) is 6.92 Å². The fraction of sp³-hybridized carbons (Fsp3) is 0.471. The van der Waals surface area contributed by atoms with Crippen LogP contribution in [0.25, 0.3) is 4.91 Å². The van der Waals surface area contributed by atoms with Gasteiger partial charge in [0.05, 0.1) is 5.70 Å². The third-order valence-electron chi connectivity index (χ3n) is 4.17. The molecular formula is C17H24N2S. The average molecular weight is 288 g/mol. The minimum absolute atomic E-state index is 0.576. The van der Waals surface area contributed by atoms with Crippen LogP contribution in [-0.2, 0) is 0 Å². The molecular weight excluding hydrogens is 264 g/mol. The molecule has 2 nitrogen and oxygen atoms in total. The van der Waals surface area contributed by atoms with E-state index in [4.69, 9.17) is 0 Å². The first-order valence-electron chi connectivity index (χ1n) is 7.22. The summed E-state index contributed by atoms with van der Waals surface area (Å²) in [5.41, 5.74) is 3.64. The van der Waals surface area contributed by atoms with E-state index in [0.717, 1.165) is 12.2 Å². The normalized spacial score (nSPS) is 21.4. The number of nitrogens with one attached hydrogen (secondary N) is 1. The predicted octanol–water partition coefficient (Wildman–Crippen LogP) is 4.29. The lowest BCUT2D eigenvalue weighted by Crippen LogP contribution is -2.27.